The minimum Gasteiger partial charge on any atom is -0.490 e. The van der Waals surface area contributed by atoms with E-state index in [-0.39, 0.29) is 0 Å². The highest BCUT2D eigenvalue weighted by atomic mass is 16.5. The van der Waals surface area contributed by atoms with E-state index in [1.165, 1.54) is 0 Å². The fourth-order valence-corrected chi connectivity index (χ4v) is 1.94. The summed E-state index contributed by atoms with van der Waals surface area (Å²) in [7, 11) is 1.87. The molecule has 2 N–H and O–H groups in total. The largest absolute Gasteiger partial charge is 0.490 e. The molecule has 0 aliphatic carbocycles. The number of aromatic nitrogens is 1. The molecule has 0 aliphatic rings. The van der Waals surface area contributed by atoms with Gasteiger partial charge in [0.05, 0.1) is 37.0 Å². The van der Waals surface area contributed by atoms with Gasteiger partial charge in [-0.05, 0) is 32.0 Å². The van der Waals surface area contributed by atoms with E-state index >= 15 is 0 Å². The first kappa shape index (κ1) is 15.0. The zero-order chi connectivity index (χ0) is 15.1. The van der Waals surface area contributed by atoms with Gasteiger partial charge >= 0.3 is 0 Å². The van der Waals surface area contributed by atoms with Crippen LogP contribution in [0.15, 0.2) is 36.7 Å². The van der Waals surface area contributed by atoms with Gasteiger partial charge in [0, 0.05) is 18.8 Å². The van der Waals surface area contributed by atoms with Gasteiger partial charge in [0.25, 0.3) is 0 Å². The molecular formula is C16H21N3O2. The molecule has 0 bridgehead atoms. The van der Waals surface area contributed by atoms with Gasteiger partial charge in [0.2, 0.25) is 0 Å². The number of rotatable bonds is 7. The number of benzene rings is 1. The first-order valence-electron chi connectivity index (χ1n) is 7.06. The summed E-state index contributed by atoms with van der Waals surface area (Å²) >= 11 is 0. The smallest absolute Gasteiger partial charge is 0.163 e. The van der Waals surface area contributed by atoms with Gasteiger partial charge in [-0.1, -0.05) is 0 Å². The Labute approximate surface area is 125 Å². The van der Waals surface area contributed by atoms with Crippen molar-refractivity contribution in [3.05, 3.63) is 36.7 Å². The fraction of sp³-hybridized carbons (Fsp3) is 0.312. The number of anilines is 3. The second-order valence-corrected chi connectivity index (χ2v) is 4.36. The summed E-state index contributed by atoms with van der Waals surface area (Å²) in [5.74, 6) is 1.49. The van der Waals surface area contributed by atoms with E-state index in [0.717, 1.165) is 28.6 Å². The van der Waals surface area contributed by atoms with Crippen molar-refractivity contribution >= 4 is 17.1 Å². The molecule has 0 radical (unpaired) electrons. The van der Waals surface area contributed by atoms with Crippen LogP contribution in [0.1, 0.15) is 13.8 Å². The summed E-state index contributed by atoms with van der Waals surface area (Å²) in [4.78, 5) is 4.18. The van der Waals surface area contributed by atoms with Crippen molar-refractivity contribution in [3.63, 3.8) is 0 Å². The van der Waals surface area contributed by atoms with E-state index in [4.69, 9.17) is 9.47 Å². The van der Waals surface area contributed by atoms with Crippen LogP contribution in [0, 0.1) is 0 Å². The highest BCUT2D eigenvalue weighted by molar-refractivity contribution is 5.65. The Morgan fingerprint density at radius 1 is 0.905 bits per heavy atom. The molecule has 1 aromatic carbocycles. The Morgan fingerprint density at radius 2 is 1.62 bits per heavy atom. The Morgan fingerprint density at radius 3 is 2.33 bits per heavy atom. The van der Waals surface area contributed by atoms with Crippen LogP contribution in [0.3, 0.4) is 0 Å². The molecule has 0 amide bonds. The zero-order valence-electron chi connectivity index (χ0n) is 12.6. The second kappa shape index (κ2) is 7.38. The number of ether oxygens (including phenoxy) is 2. The molecule has 5 nitrogen and oxygen atoms in total. The van der Waals surface area contributed by atoms with Gasteiger partial charge in [-0.3, -0.25) is 4.98 Å². The SMILES string of the molecule is CCOc1ccc(Nc2cncc(NC)c2)cc1OCC. The fourth-order valence-electron chi connectivity index (χ4n) is 1.94. The number of pyridine rings is 1. The lowest BCUT2D eigenvalue weighted by molar-refractivity contribution is 0.288. The Balaban J connectivity index is 2.21. The molecule has 2 rings (SSSR count). The lowest BCUT2D eigenvalue weighted by Gasteiger charge is -2.13. The molecule has 1 aromatic heterocycles. The van der Waals surface area contributed by atoms with Crippen LogP contribution in [0.2, 0.25) is 0 Å². The molecule has 0 saturated heterocycles. The van der Waals surface area contributed by atoms with Gasteiger partial charge in [0.1, 0.15) is 0 Å². The van der Waals surface area contributed by atoms with Crippen LogP contribution in [0.4, 0.5) is 17.1 Å². The minimum absolute atomic E-state index is 0.598. The van der Waals surface area contributed by atoms with Crippen LogP contribution in [0.25, 0.3) is 0 Å². The van der Waals surface area contributed by atoms with Gasteiger partial charge in [-0.2, -0.15) is 0 Å². The van der Waals surface area contributed by atoms with Gasteiger partial charge in [0.15, 0.2) is 11.5 Å². The standard InChI is InChI=1S/C16H21N3O2/c1-4-20-15-7-6-12(9-16(15)21-5-2)19-14-8-13(17-3)10-18-11-14/h6-11,17,19H,4-5H2,1-3H3. The third-order valence-corrected chi connectivity index (χ3v) is 2.86. The van der Waals surface area contributed by atoms with Crippen LogP contribution in [0.5, 0.6) is 11.5 Å². The normalized spacial score (nSPS) is 10.0. The van der Waals surface area contributed by atoms with Crippen molar-refractivity contribution in [1.29, 1.82) is 0 Å². The van der Waals surface area contributed by atoms with Crippen LogP contribution >= 0.6 is 0 Å². The first-order chi connectivity index (χ1) is 10.3. The highest BCUT2D eigenvalue weighted by Gasteiger charge is 2.06. The molecule has 0 aliphatic heterocycles. The van der Waals surface area contributed by atoms with Crippen molar-refractivity contribution < 1.29 is 9.47 Å². The summed E-state index contributed by atoms with van der Waals surface area (Å²) < 4.78 is 11.2. The van der Waals surface area contributed by atoms with Crippen molar-refractivity contribution in [2.75, 3.05) is 30.9 Å². The van der Waals surface area contributed by atoms with E-state index < -0.39 is 0 Å². The molecule has 21 heavy (non-hydrogen) atoms. The summed E-state index contributed by atoms with van der Waals surface area (Å²) in [5.41, 5.74) is 2.79. The van der Waals surface area contributed by atoms with Crippen LogP contribution < -0.4 is 20.1 Å². The number of hydrogen-bond acceptors (Lipinski definition) is 5. The maximum absolute atomic E-state index is 5.62. The summed E-state index contributed by atoms with van der Waals surface area (Å²) in [6.45, 7) is 5.12. The molecule has 5 heteroatoms. The van der Waals surface area contributed by atoms with Crippen LogP contribution in [-0.2, 0) is 0 Å². The molecule has 0 fully saturated rings. The van der Waals surface area contributed by atoms with Gasteiger partial charge in [-0.15, -0.1) is 0 Å². The molecule has 0 atom stereocenters. The van der Waals surface area contributed by atoms with E-state index in [1.807, 2.05) is 45.2 Å². The van der Waals surface area contributed by atoms with E-state index in [0.29, 0.717) is 13.2 Å². The molecule has 112 valence electrons. The lowest BCUT2D eigenvalue weighted by Crippen LogP contribution is -2.00. The quantitative estimate of drug-likeness (QED) is 0.814. The lowest BCUT2D eigenvalue weighted by atomic mass is 10.2. The zero-order valence-corrected chi connectivity index (χ0v) is 12.6. The van der Waals surface area contributed by atoms with E-state index in [1.54, 1.807) is 12.4 Å². The third-order valence-electron chi connectivity index (χ3n) is 2.86. The maximum Gasteiger partial charge on any atom is 0.163 e. The summed E-state index contributed by atoms with van der Waals surface area (Å²) in [5, 5.41) is 6.37. The van der Waals surface area contributed by atoms with Crippen molar-refractivity contribution in [3.8, 4) is 11.5 Å². The molecular weight excluding hydrogens is 266 g/mol. The summed E-state index contributed by atoms with van der Waals surface area (Å²) in [6.07, 6.45) is 3.55. The number of nitrogens with zero attached hydrogens (tertiary/aromatic N) is 1. The molecule has 0 spiro atoms. The van der Waals surface area contributed by atoms with Crippen LogP contribution in [-0.4, -0.2) is 25.2 Å². The Kier molecular flexibility index (Phi) is 5.26. The van der Waals surface area contributed by atoms with E-state index in [2.05, 4.69) is 15.6 Å². The average molecular weight is 287 g/mol. The highest BCUT2D eigenvalue weighted by Crippen LogP contribution is 2.32. The van der Waals surface area contributed by atoms with Gasteiger partial charge < -0.3 is 20.1 Å². The minimum atomic E-state index is 0.598. The van der Waals surface area contributed by atoms with Crippen molar-refractivity contribution in [1.82, 2.24) is 4.98 Å². The topological polar surface area (TPSA) is 55.4 Å². The third kappa shape index (κ3) is 4.02. The maximum atomic E-state index is 5.62. The Hall–Kier alpha value is -2.43. The molecule has 1 heterocycles. The van der Waals surface area contributed by atoms with Gasteiger partial charge in [-0.25, -0.2) is 0 Å². The van der Waals surface area contributed by atoms with Crippen molar-refractivity contribution in [2.45, 2.75) is 13.8 Å². The second-order valence-electron chi connectivity index (χ2n) is 4.36. The first-order valence-corrected chi connectivity index (χ1v) is 7.06. The monoisotopic (exact) mass is 287 g/mol. The molecule has 2 aromatic rings. The molecule has 0 unspecified atom stereocenters. The number of hydrogen-bond donors (Lipinski definition) is 2. The number of nitrogens with one attached hydrogen (secondary N) is 2. The predicted octanol–water partition coefficient (Wildman–Crippen LogP) is 3.66. The summed E-state index contributed by atoms with van der Waals surface area (Å²) in [6, 6.07) is 7.79. The molecule has 0 saturated carbocycles. The van der Waals surface area contributed by atoms with Crippen molar-refractivity contribution in [2.24, 2.45) is 0 Å². The van der Waals surface area contributed by atoms with E-state index in [9.17, 15) is 0 Å². The Bertz CT molecular complexity index is 587. The predicted molar refractivity (Wildman–Crippen MR) is 85.8 cm³/mol. The average Bonchev–Trinajstić information content (AvgIpc) is 2.50.